The minimum atomic E-state index is -4.50. The maximum absolute atomic E-state index is 12.3. The monoisotopic (exact) mass is 291 g/mol. The summed E-state index contributed by atoms with van der Waals surface area (Å²) in [5.41, 5.74) is 0.956. The van der Waals surface area contributed by atoms with Gasteiger partial charge in [-0.15, -0.1) is 0 Å². The summed E-state index contributed by atoms with van der Waals surface area (Å²) in [6.07, 6.45) is -4.50. The largest absolute Gasteiger partial charge is 0.408 e. The first kappa shape index (κ1) is 13.7. The Morgan fingerprint density at radius 1 is 1.32 bits per heavy atom. The Morgan fingerprint density at radius 3 is 2.53 bits per heavy atom. The number of alkyl halides is 3. The lowest BCUT2D eigenvalue weighted by molar-refractivity contribution is -0.140. The SMILES string of the molecule is O=C1NCC(c2ccc(Cl)cc2)=NN1CC(F)(F)F. The van der Waals surface area contributed by atoms with E-state index < -0.39 is 18.8 Å². The molecule has 2 rings (SSSR count). The average Bonchev–Trinajstić information content (AvgIpc) is 2.31. The van der Waals surface area contributed by atoms with Crippen LogP contribution in [0.4, 0.5) is 18.0 Å². The van der Waals surface area contributed by atoms with Gasteiger partial charge in [0.2, 0.25) is 0 Å². The van der Waals surface area contributed by atoms with Crippen molar-refractivity contribution in [3.8, 4) is 0 Å². The van der Waals surface area contributed by atoms with E-state index in [0.717, 1.165) is 0 Å². The predicted molar refractivity (Wildman–Crippen MR) is 64.1 cm³/mol. The van der Waals surface area contributed by atoms with Gasteiger partial charge in [0.25, 0.3) is 0 Å². The Hall–Kier alpha value is -1.76. The number of nitrogens with zero attached hydrogens (tertiary/aromatic N) is 2. The van der Waals surface area contributed by atoms with Crippen molar-refractivity contribution in [2.45, 2.75) is 6.18 Å². The third kappa shape index (κ3) is 3.60. The van der Waals surface area contributed by atoms with Crippen molar-refractivity contribution in [3.05, 3.63) is 34.9 Å². The number of amides is 2. The van der Waals surface area contributed by atoms with Gasteiger partial charge in [-0.05, 0) is 17.7 Å². The lowest BCUT2D eigenvalue weighted by Crippen LogP contribution is -2.48. The number of hydrogen-bond donors (Lipinski definition) is 1. The number of hydrogen-bond acceptors (Lipinski definition) is 2. The van der Waals surface area contributed by atoms with Gasteiger partial charge in [-0.3, -0.25) is 0 Å². The molecule has 4 nitrogen and oxygen atoms in total. The number of rotatable bonds is 2. The number of carbonyl (C=O) groups excluding carboxylic acids is 1. The van der Waals surface area contributed by atoms with E-state index in [0.29, 0.717) is 21.3 Å². The molecule has 0 spiro atoms. The zero-order valence-electron chi connectivity index (χ0n) is 9.54. The molecule has 0 aliphatic carbocycles. The van der Waals surface area contributed by atoms with E-state index in [-0.39, 0.29) is 6.54 Å². The van der Waals surface area contributed by atoms with Crippen LogP contribution in [0.5, 0.6) is 0 Å². The molecule has 0 radical (unpaired) electrons. The van der Waals surface area contributed by atoms with Gasteiger partial charge in [-0.2, -0.15) is 18.3 Å². The molecule has 0 atom stereocenters. The molecule has 1 heterocycles. The molecule has 0 bridgehead atoms. The number of carbonyl (C=O) groups is 1. The first-order valence-corrected chi connectivity index (χ1v) is 5.68. The van der Waals surface area contributed by atoms with Crippen LogP contribution in [0.1, 0.15) is 5.56 Å². The van der Waals surface area contributed by atoms with Crippen molar-refractivity contribution in [3.63, 3.8) is 0 Å². The van der Waals surface area contributed by atoms with Gasteiger partial charge in [0.1, 0.15) is 6.54 Å². The van der Waals surface area contributed by atoms with Gasteiger partial charge in [0.15, 0.2) is 0 Å². The molecule has 0 saturated heterocycles. The third-order valence-corrected chi connectivity index (χ3v) is 2.64. The van der Waals surface area contributed by atoms with E-state index >= 15 is 0 Å². The fourth-order valence-corrected chi connectivity index (χ4v) is 1.68. The Balaban J connectivity index is 2.23. The van der Waals surface area contributed by atoms with Crippen molar-refractivity contribution < 1.29 is 18.0 Å². The normalized spacial score (nSPS) is 16.1. The lowest BCUT2D eigenvalue weighted by Gasteiger charge is -2.25. The van der Waals surface area contributed by atoms with E-state index in [1.807, 2.05) is 0 Å². The van der Waals surface area contributed by atoms with E-state index in [2.05, 4.69) is 10.4 Å². The summed E-state index contributed by atoms with van der Waals surface area (Å²) in [6, 6.07) is 5.60. The van der Waals surface area contributed by atoms with Gasteiger partial charge in [0, 0.05) is 5.02 Å². The highest BCUT2D eigenvalue weighted by molar-refractivity contribution is 6.30. The molecular weight excluding hydrogens is 283 g/mol. The number of halogens is 4. The summed E-state index contributed by atoms with van der Waals surface area (Å²) in [7, 11) is 0. The van der Waals surface area contributed by atoms with E-state index in [4.69, 9.17) is 11.6 Å². The molecule has 1 aliphatic heterocycles. The van der Waals surface area contributed by atoms with Gasteiger partial charge < -0.3 is 5.32 Å². The molecule has 1 aliphatic rings. The highest BCUT2D eigenvalue weighted by Crippen LogP contribution is 2.19. The van der Waals surface area contributed by atoms with Crippen LogP contribution < -0.4 is 5.32 Å². The maximum Gasteiger partial charge on any atom is 0.408 e. The highest BCUT2D eigenvalue weighted by Gasteiger charge is 2.35. The Labute approximate surface area is 111 Å². The van der Waals surface area contributed by atoms with Crippen LogP contribution in [0.2, 0.25) is 5.02 Å². The molecule has 2 amide bonds. The molecule has 1 aromatic carbocycles. The van der Waals surface area contributed by atoms with Crippen molar-refractivity contribution >= 4 is 23.3 Å². The minimum absolute atomic E-state index is 0.0782. The summed E-state index contributed by atoms with van der Waals surface area (Å²) in [6.45, 7) is -1.34. The standard InChI is InChI=1S/C11H9ClF3N3O/c12-8-3-1-7(2-4-8)9-5-16-10(19)18(17-9)6-11(13,14)15/h1-4H,5-6H2,(H,16,19). The van der Waals surface area contributed by atoms with Gasteiger partial charge >= 0.3 is 12.2 Å². The van der Waals surface area contributed by atoms with Crippen molar-refractivity contribution in [1.82, 2.24) is 10.3 Å². The first-order chi connectivity index (χ1) is 8.85. The van der Waals surface area contributed by atoms with Crippen molar-refractivity contribution in [1.29, 1.82) is 0 Å². The molecule has 8 heteroatoms. The number of benzene rings is 1. The van der Waals surface area contributed by atoms with Crippen LogP contribution in [0, 0.1) is 0 Å². The number of nitrogens with one attached hydrogen (secondary N) is 1. The highest BCUT2D eigenvalue weighted by atomic mass is 35.5. The molecule has 1 N–H and O–H groups in total. The second-order valence-corrected chi connectivity index (χ2v) is 4.32. The third-order valence-electron chi connectivity index (χ3n) is 2.39. The molecule has 0 saturated carbocycles. The van der Waals surface area contributed by atoms with Crippen LogP contribution in [0.25, 0.3) is 0 Å². The maximum atomic E-state index is 12.3. The number of hydrazone groups is 1. The predicted octanol–water partition coefficient (Wildman–Crippen LogP) is 2.63. The molecule has 0 fully saturated rings. The Morgan fingerprint density at radius 2 is 1.95 bits per heavy atom. The average molecular weight is 292 g/mol. The van der Waals surface area contributed by atoms with Gasteiger partial charge in [-0.1, -0.05) is 23.7 Å². The topological polar surface area (TPSA) is 44.7 Å². The van der Waals surface area contributed by atoms with Gasteiger partial charge in [-0.25, -0.2) is 9.80 Å². The fraction of sp³-hybridized carbons (Fsp3) is 0.273. The minimum Gasteiger partial charge on any atom is -0.331 e. The quantitative estimate of drug-likeness (QED) is 0.894. The summed E-state index contributed by atoms with van der Waals surface area (Å²) in [5.74, 6) is 0. The van der Waals surface area contributed by atoms with Crippen LogP contribution >= 0.6 is 11.6 Å². The van der Waals surface area contributed by atoms with Crippen LogP contribution in [0.3, 0.4) is 0 Å². The van der Waals surface area contributed by atoms with Crippen LogP contribution in [-0.2, 0) is 0 Å². The Bertz CT molecular complexity index is 513. The summed E-state index contributed by atoms with van der Waals surface area (Å²) >= 11 is 5.72. The van der Waals surface area contributed by atoms with E-state index in [9.17, 15) is 18.0 Å². The van der Waals surface area contributed by atoms with Gasteiger partial charge in [0.05, 0.1) is 12.3 Å². The fourth-order valence-electron chi connectivity index (χ4n) is 1.56. The second-order valence-electron chi connectivity index (χ2n) is 3.89. The smallest absolute Gasteiger partial charge is 0.331 e. The molecule has 1 aromatic rings. The number of urea groups is 1. The summed E-state index contributed by atoms with van der Waals surface area (Å²) in [4.78, 5) is 11.3. The first-order valence-electron chi connectivity index (χ1n) is 5.31. The van der Waals surface area contributed by atoms with E-state index in [1.165, 1.54) is 0 Å². The van der Waals surface area contributed by atoms with Crippen molar-refractivity contribution in [2.24, 2.45) is 5.10 Å². The summed E-state index contributed by atoms with van der Waals surface area (Å²) in [5, 5.41) is 6.94. The molecular formula is C11H9ClF3N3O. The Kier molecular flexibility index (Phi) is 3.66. The lowest BCUT2D eigenvalue weighted by atomic mass is 10.1. The molecule has 0 unspecified atom stereocenters. The second kappa shape index (κ2) is 5.08. The van der Waals surface area contributed by atoms with Crippen LogP contribution in [-0.4, -0.2) is 36.0 Å². The molecule has 102 valence electrons. The summed E-state index contributed by atoms with van der Waals surface area (Å²) < 4.78 is 36.9. The van der Waals surface area contributed by atoms with Crippen molar-refractivity contribution in [2.75, 3.05) is 13.1 Å². The zero-order valence-corrected chi connectivity index (χ0v) is 10.3. The molecule has 19 heavy (non-hydrogen) atoms. The van der Waals surface area contributed by atoms with E-state index in [1.54, 1.807) is 24.3 Å². The molecule has 0 aromatic heterocycles. The van der Waals surface area contributed by atoms with Crippen LogP contribution in [0.15, 0.2) is 29.4 Å². The zero-order chi connectivity index (χ0) is 14.0.